The van der Waals surface area contributed by atoms with Crippen LogP contribution in [0.1, 0.15) is 18.4 Å². The second kappa shape index (κ2) is 10.7. The number of aliphatic hydroxyl groups is 1. The minimum absolute atomic E-state index is 0. The molecule has 2 aliphatic rings. The number of benzene rings is 1. The van der Waals surface area contributed by atoms with E-state index in [1.807, 2.05) is 0 Å². The largest absolute Gasteiger partial charge is 0.385 e. The van der Waals surface area contributed by atoms with Gasteiger partial charge in [0, 0.05) is 44.8 Å². The molecule has 144 valence electrons. The molecule has 1 aromatic carbocycles. The fourth-order valence-corrected chi connectivity index (χ4v) is 3.55. The maximum Gasteiger partial charge on any atom is 0.113 e. The Morgan fingerprint density at radius 3 is 2.44 bits per heavy atom. The highest BCUT2D eigenvalue weighted by Crippen LogP contribution is 2.34. The van der Waals surface area contributed by atoms with Gasteiger partial charge in [-0.25, -0.2) is 0 Å². The molecule has 0 radical (unpaired) electrons. The third kappa shape index (κ3) is 6.07. The number of ether oxygens (including phenoxy) is 2. The molecule has 2 heterocycles. The Bertz CT molecular complexity index is 476. The Morgan fingerprint density at radius 2 is 1.72 bits per heavy atom. The summed E-state index contributed by atoms with van der Waals surface area (Å²) < 4.78 is 11.1. The van der Waals surface area contributed by atoms with E-state index in [9.17, 15) is 5.11 Å². The number of β-amino-alcohol motifs (C(OH)–C–C–N with tert-alkyl or cyclic N) is 1. The SMILES string of the molecule is Cl.Cl.OC1(CNCC2(c3ccccc3)CCOCC2)CNCCOC1. The lowest BCUT2D eigenvalue weighted by Gasteiger charge is -2.39. The molecule has 1 atom stereocenters. The first kappa shape index (κ1) is 22.6. The number of hydrogen-bond acceptors (Lipinski definition) is 5. The van der Waals surface area contributed by atoms with Crippen molar-refractivity contribution in [1.82, 2.24) is 10.6 Å². The molecular formula is C18H30Cl2N2O3. The minimum atomic E-state index is -0.834. The molecule has 2 fully saturated rings. The molecule has 0 amide bonds. The van der Waals surface area contributed by atoms with Crippen molar-refractivity contribution in [1.29, 1.82) is 0 Å². The predicted octanol–water partition coefficient (Wildman–Crippen LogP) is 1.52. The lowest BCUT2D eigenvalue weighted by atomic mass is 9.74. The van der Waals surface area contributed by atoms with Crippen molar-refractivity contribution in [2.45, 2.75) is 23.9 Å². The average molecular weight is 393 g/mol. The lowest BCUT2D eigenvalue weighted by Crippen LogP contribution is -2.53. The summed E-state index contributed by atoms with van der Waals surface area (Å²) in [5.74, 6) is 0. The highest BCUT2D eigenvalue weighted by Gasteiger charge is 2.35. The van der Waals surface area contributed by atoms with Gasteiger partial charge in [-0.3, -0.25) is 0 Å². The topological polar surface area (TPSA) is 62.8 Å². The van der Waals surface area contributed by atoms with Crippen molar-refractivity contribution in [2.24, 2.45) is 0 Å². The van der Waals surface area contributed by atoms with Crippen molar-refractivity contribution in [3.63, 3.8) is 0 Å². The van der Waals surface area contributed by atoms with Gasteiger partial charge in [-0.1, -0.05) is 30.3 Å². The summed E-state index contributed by atoms with van der Waals surface area (Å²) in [5.41, 5.74) is 0.618. The number of hydrogen-bond donors (Lipinski definition) is 3. The standard InChI is InChI=1S/C18H28N2O3.2ClH/c21-18(13-19-8-11-23-15-18)14-20-12-17(6-9-22-10-7-17)16-4-2-1-3-5-16;;/h1-5,19-21H,6-15H2;2*1H. The Labute approximate surface area is 162 Å². The summed E-state index contributed by atoms with van der Waals surface area (Å²) in [4.78, 5) is 0. The molecule has 3 N–H and O–H groups in total. The van der Waals surface area contributed by atoms with E-state index in [4.69, 9.17) is 9.47 Å². The van der Waals surface area contributed by atoms with Gasteiger partial charge in [0.15, 0.2) is 0 Å². The Balaban J connectivity index is 0.00000156. The van der Waals surface area contributed by atoms with Crippen LogP contribution < -0.4 is 10.6 Å². The van der Waals surface area contributed by atoms with Crippen molar-refractivity contribution < 1.29 is 14.6 Å². The Hall–Kier alpha value is -0.400. The fraction of sp³-hybridized carbons (Fsp3) is 0.667. The summed E-state index contributed by atoms with van der Waals surface area (Å²) in [5, 5.41) is 17.4. The summed E-state index contributed by atoms with van der Waals surface area (Å²) in [6.45, 7) is 5.40. The first-order chi connectivity index (χ1) is 11.2. The molecular weight excluding hydrogens is 363 g/mol. The number of rotatable bonds is 5. The average Bonchev–Trinajstić information content (AvgIpc) is 2.81. The van der Waals surface area contributed by atoms with Crippen LogP contribution in [0.4, 0.5) is 0 Å². The van der Waals surface area contributed by atoms with Gasteiger partial charge in [-0.2, -0.15) is 0 Å². The first-order valence-corrected chi connectivity index (χ1v) is 8.57. The van der Waals surface area contributed by atoms with Crippen LogP contribution in [-0.2, 0) is 14.9 Å². The van der Waals surface area contributed by atoms with E-state index in [1.54, 1.807) is 0 Å². The first-order valence-electron chi connectivity index (χ1n) is 8.57. The van der Waals surface area contributed by atoms with Gasteiger partial charge in [-0.15, -0.1) is 24.8 Å². The zero-order chi connectivity index (χ0) is 16.0. The van der Waals surface area contributed by atoms with E-state index in [0.29, 0.717) is 26.3 Å². The minimum Gasteiger partial charge on any atom is -0.385 e. The highest BCUT2D eigenvalue weighted by atomic mass is 35.5. The van der Waals surface area contributed by atoms with Gasteiger partial charge in [0.25, 0.3) is 0 Å². The summed E-state index contributed by atoms with van der Waals surface area (Å²) >= 11 is 0. The molecule has 0 bridgehead atoms. The third-order valence-corrected chi connectivity index (χ3v) is 5.00. The van der Waals surface area contributed by atoms with E-state index in [2.05, 4.69) is 41.0 Å². The normalized spacial score (nSPS) is 26.0. The van der Waals surface area contributed by atoms with Crippen molar-refractivity contribution >= 4 is 24.8 Å². The molecule has 1 aromatic rings. The van der Waals surface area contributed by atoms with Gasteiger partial charge in [-0.05, 0) is 18.4 Å². The van der Waals surface area contributed by atoms with Crippen LogP contribution in [-0.4, -0.2) is 63.3 Å². The van der Waals surface area contributed by atoms with Crippen LogP contribution in [0, 0.1) is 0 Å². The monoisotopic (exact) mass is 392 g/mol. The maximum atomic E-state index is 10.7. The molecule has 0 saturated carbocycles. The molecule has 1 unspecified atom stereocenters. The van der Waals surface area contributed by atoms with E-state index in [1.165, 1.54) is 5.56 Å². The second-order valence-corrected chi connectivity index (χ2v) is 6.82. The fourth-order valence-electron chi connectivity index (χ4n) is 3.55. The summed E-state index contributed by atoms with van der Waals surface area (Å²) in [6, 6.07) is 10.7. The molecule has 0 aromatic heterocycles. The summed E-state index contributed by atoms with van der Waals surface area (Å²) in [7, 11) is 0. The molecule has 3 rings (SSSR count). The van der Waals surface area contributed by atoms with Gasteiger partial charge >= 0.3 is 0 Å². The van der Waals surface area contributed by atoms with Crippen LogP contribution >= 0.6 is 24.8 Å². The smallest absolute Gasteiger partial charge is 0.113 e. The van der Waals surface area contributed by atoms with E-state index >= 15 is 0 Å². The molecule has 7 heteroatoms. The Kier molecular flexibility index (Phi) is 9.67. The van der Waals surface area contributed by atoms with Crippen molar-refractivity contribution in [2.75, 3.05) is 52.6 Å². The van der Waals surface area contributed by atoms with Crippen LogP contribution in [0.5, 0.6) is 0 Å². The molecule has 5 nitrogen and oxygen atoms in total. The number of halogens is 2. The summed E-state index contributed by atoms with van der Waals surface area (Å²) in [6.07, 6.45) is 2.02. The van der Waals surface area contributed by atoms with Gasteiger partial charge < -0.3 is 25.2 Å². The molecule has 0 spiro atoms. The molecule has 0 aliphatic carbocycles. The molecule has 2 aliphatic heterocycles. The highest BCUT2D eigenvalue weighted by molar-refractivity contribution is 5.85. The van der Waals surface area contributed by atoms with E-state index in [0.717, 1.165) is 39.1 Å². The second-order valence-electron chi connectivity index (χ2n) is 6.82. The zero-order valence-corrected chi connectivity index (χ0v) is 16.2. The van der Waals surface area contributed by atoms with Crippen molar-refractivity contribution in [3.05, 3.63) is 35.9 Å². The van der Waals surface area contributed by atoms with Crippen LogP contribution in [0.15, 0.2) is 30.3 Å². The third-order valence-electron chi connectivity index (χ3n) is 5.00. The number of nitrogens with one attached hydrogen (secondary N) is 2. The quantitative estimate of drug-likeness (QED) is 0.708. The predicted molar refractivity (Wildman–Crippen MR) is 104 cm³/mol. The maximum absolute atomic E-state index is 10.7. The zero-order valence-electron chi connectivity index (χ0n) is 14.5. The van der Waals surface area contributed by atoms with E-state index < -0.39 is 5.60 Å². The van der Waals surface area contributed by atoms with Crippen molar-refractivity contribution in [3.8, 4) is 0 Å². The van der Waals surface area contributed by atoms with Gasteiger partial charge in [0.1, 0.15) is 5.60 Å². The van der Waals surface area contributed by atoms with Gasteiger partial charge in [0.05, 0.1) is 13.2 Å². The lowest BCUT2D eigenvalue weighted by molar-refractivity contribution is -0.0282. The van der Waals surface area contributed by atoms with Gasteiger partial charge in [0.2, 0.25) is 0 Å². The van der Waals surface area contributed by atoms with Crippen LogP contribution in [0.25, 0.3) is 0 Å². The molecule has 25 heavy (non-hydrogen) atoms. The Morgan fingerprint density at radius 1 is 1.00 bits per heavy atom. The van der Waals surface area contributed by atoms with E-state index in [-0.39, 0.29) is 30.2 Å². The molecule has 2 saturated heterocycles. The van der Waals surface area contributed by atoms with Crippen LogP contribution in [0.2, 0.25) is 0 Å². The van der Waals surface area contributed by atoms with Crippen LogP contribution in [0.3, 0.4) is 0 Å².